The van der Waals surface area contributed by atoms with E-state index in [-0.39, 0.29) is 0 Å². The maximum Gasteiger partial charge on any atom is 0.418 e. The number of nitrogens with zero attached hydrogens (tertiary/aromatic N) is 2. The van der Waals surface area contributed by atoms with E-state index in [1.165, 1.54) is 23.1 Å². The van der Waals surface area contributed by atoms with Crippen molar-refractivity contribution in [2.24, 2.45) is 0 Å². The van der Waals surface area contributed by atoms with Crippen LogP contribution in [0.2, 0.25) is 0 Å². The number of benzene rings is 1. The Kier molecular flexibility index (Phi) is 3.94. The van der Waals surface area contributed by atoms with Crippen LogP contribution in [0.5, 0.6) is 5.75 Å². The second-order valence-electron chi connectivity index (χ2n) is 2.90. The summed E-state index contributed by atoms with van der Waals surface area (Å²) in [7, 11) is 0. The van der Waals surface area contributed by atoms with Gasteiger partial charge in [-0.05, 0) is 18.4 Å². The number of ether oxygens (including phenoxy) is 1. The summed E-state index contributed by atoms with van der Waals surface area (Å²) in [5.41, 5.74) is 0. The minimum Gasteiger partial charge on any atom is -0.410 e. The molecule has 0 unspecified atom stereocenters. The maximum atomic E-state index is 11.5. The second kappa shape index (κ2) is 5.65. The maximum absolute atomic E-state index is 11.5. The first-order valence-electron chi connectivity index (χ1n) is 4.69. The Morgan fingerprint density at radius 1 is 1.35 bits per heavy atom. The molecule has 0 saturated carbocycles. The quantitative estimate of drug-likeness (QED) is 0.684. The number of carbonyl (C=O) groups is 1. The summed E-state index contributed by atoms with van der Waals surface area (Å²) in [5, 5.41) is 10.6. The van der Waals surface area contributed by atoms with Crippen molar-refractivity contribution in [1.29, 1.82) is 0 Å². The van der Waals surface area contributed by atoms with Crippen LogP contribution in [-0.4, -0.2) is 22.5 Å². The average Bonchev–Trinajstić information content (AvgIpc) is 2.78. The van der Waals surface area contributed by atoms with Crippen molar-refractivity contribution in [3.8, 4) is 5.75 Å². The topological polar surface area (TPSA) is 64.1 Å². The highest BCUT2D eigenvalue weighted by Crippen LogP contribution is 2.23. The molecule has 0 aliphatic carbocycles. The van der Waals surface area contributed by atoms with E-state index in [9.17, 15) is 4.79 Å². The molecule has 0 saturated heterocycles. The Morgan fingerprint density at radius 3 is 2.76 bits per heavy atom. The molecule has 0 radical (unpaired) electrons. The van der Waals surface area contributed by atoms with Crippen LogP contribution in [0.3, 0.4) is 0 Å². The third-order valence-corrected chi connectivity index (χ3v) is 3.56. The van der Waals surface area contributed by atoms with Gasteiger partial charge in [0.15, 0.2) is 4.34 Å². The van der Waals surface area contributed by atoms with Gasteiger partial charge in [0, 0.05) is 0 Å². The molecule has 88 valence electrons. The fraction of sp³-hybridized carbons (Fsp3) is 0.100. The average molecular weight is 267 g/mol. The smallest absolute Gasteiger partial charge is 0.410 e. The lowest BCUT2D eigenvalue weighted by Crippen LogP contribution is -2.16. The number of nitrogens with one attached hydrogen (secondary N) is 1. The fourth-order valence-corrected chi connectivity index (χ4v) is 2.21. The molecule has 5 nitrogen and oxygen atoms in total. The first-order chi connectivity index (χ1) is 8.28. The van der Waals surface area contributed by atoms with Crippen molar-refractivity contribution >= 4 is 34.3 Å². The number of hydrogen-bond acceptors (Lipinski definition) is 6. The third kappa shape index (κ3) is 3.43. The summed E-state index contributed by atoms with van der Waals surface area (Å²) in [6.07, 6.45) is 1.33. The lowest BCUT2D eigenvalue weighted by Gasteiger charge is -2.02. The molecule has 0 aliphatic rings. The monoisotopic (exact) mass is 267 g/mol. The van der Waals surface area contributed by atoms with Crippen LogP contribution in [0.4, 0.5) is 9.93 Å². The number of para-hydroxylation sites is 1. The molecular formula is C10H9N3O2S2. The molecule has 0 bridgehead atoms. The van der Waals surface area contributed by atoms with Crippen LogP contribution in [0.15, 0.2) is 34.7 Å². The lowest BCUT2D eigenvalue weighted by molar-refractivity contribution is 0.215. The minimum absolute atomic E-state index is 0.426. The van der Waals surface area contributed by atoms with E-state index in [0.29, 0.717) is 10.9 Å². The van der Waals surface area contributed by atoms with E-state index < -0.39 is 6.09 Å². The van der Waals surface area contributed by atoms with Gasteiger partial charge in [-0.3, -0.25) is 5.32 Å². The Morgan fingerprint density at radius 2 is 2.12 bits per heavy atom. The van der Waals surface area contributed by atoms with E-state index in [0.717, 1.165) is 4.34 Å². The number of aromatic nitrogens is 2. The molecule has 17 heavy (non-hydrogen) atoms. The van der Waals surface area contributed by atoms with Gasteiger partial charge in [-0.1, -0.05) is 41.3 Å². The molecule has 2 aromatic rings. The number of carbonyl (C=O) groups excluding carboxylic acids is 1. The van der Waals surface area contributed by atoms with E-state index in [1.807, 2.05) is 12.3 Å². The van der Waals surface area contributed by atoms with Crippen LogP contribution in [0.1, 0.15) is 0 Å². The van der Waals surface area contributed by atoms with Crippen molar-refractivity contribution in [1.82, 2.24) is 10.2 Å². The molecule has 1 amide bonds. The van der Waals surface area contributed by atoms with Crippen LogP contribution < -0.4 is 10.1 Å². The van der Waals surface area contributed by atoms with Crippen molar-refractivity contribution < 1.29 is 9.53 Å². The second-order valence-corrected chi connectivity index (χ2v) is 4.94. The Balaban J connectivity index is 1.93. The molecule has 0 fully saturated rings. The molecule has 1 aromatic carbocycles. The zero-order chi connectivity index (χ0) is 12.1. The third-order valence-electron chi connectivity index (χ3n) is 1.74. The van der Waals surface area contributed by atoms with Gasteiger partial charge in [0.25, 0.3) is 0 Å². The molecule has 1 heterocycles. The van der Waals surface area contributed by atoms with Gasteiger partial charge in [0.1, 0.15) is 5.75 Å². The van der Waals surface area contributed by atoms with Crippen LogP contribution in [0, 0.1) is 0 Å². The fourth-order valence-electron chi connectivity index (χ4n) is 1.05. The predicted molar refractivity (Wildman–Crippen MR) is 67.8 cm³/mol. The van der Waals surface area contributed by atoms with Gasteiger partial charge in [0.2, 0.25) is 5.13 Å². The zero-order valence-corrected chi connectivity index (χ0v) is 10.5. The Bertz CT molecular complexity index is 501. The highest BCUT2D eigenvalue weighted by molar-refractivity contribution is 8.00. The van der Waals surface area contributed by atoms with E-state index in [1.54, 1.807) is 24.3 Å². The highest BCUT2D eigenvalue weighted by atomic mass is 32.2. The summed E-state index contributed by atoms with van der Waals surface area (Å²) < 4.78 is 5.83. The molecule has 7 heteroatoms. The van der Waals surface area contributed by atoms with E-state index in [4.69, 9.17) is 4.74 Å². The van der Waals surface area contributed by atoms with Crippen LogP contribution in [-0.2, 0) is 0 Å². The van der Waals surface area contributed by atoms with Crippen molar-refractivity contribution in [3.63, 3.8) is 0 Å². The van der Waals surface area contributed by atoms with Gasteiger partial charge >= 0.3 is 6.09 Å². The van der Waals surface area contributed by atoms with Gasteiger partial charge < -0.3 is 4.74 Å². The summed E-state index contributed by atoms with van der Waals surface area (Å²) >= 11 is 2.77. The van der Waals surface area contributed by atoms with Gasteiger partial charge in [-0.15, -0.1) is 10.2 Å². The SMILES string of the molecule is CSc1nnc(NC(=O)Oc2ccccc2)s1. The summed E-state index contributed by atoms with van der Waals surface area (Å²) in [6.45, 7) is 0. The number of hydrogen-bond donors (Lipinski definition) is 1. The molecular weight excluding hydrogens is 258 g/mol. The predicted octanol–water partition coefficient (Wildman–Crippen LogP) is 2.87. The first-order valence-corrected chi connectivity index (χ1v) is 6.73. The molecule has 2 rings (SSSR count). The van der Waals surface area contributed by atoms with Crippen LogP contribution in [0.25, 0.3) is 0 Å². The first kappa shape index (κ1) is 11.9. The largest absolute Gasteiger partial charge is 0.418 e. The number of amides is 1. The summed E-state index contributed by atoms with van der Waals surface area (Å²) in [6, 6.07) is 8.83. The standard InChI is InChI=1S/C10H9N3O2S2/c1-16-10-13-12-8(17-10)11-9(14)15-7-5-3-2-4-6-7/h2-6H,1H3,(H,11,12,14). The highest BCUT2D eigenvalue weighted by Gasteiger charge is 2.09. The number of thioether (sulfide) groups is 1. The lowest BCUT2D eigenvalue weighted by atomic mass is 10.3. The van der Waals surface area contributed by atoms with Gasteiger partial charge in [-0.25, -0.2) is 4.79 Å². The van der Waals surface area contributed by atoms with Crippen LogP contribution >= 0.6 is 23.1 Å². The number of rotatable bonds is 3. The minimum atomic E-state index is -0.569. The van der Waals surface area contributed by atoms with Crippen molar-refractivity contribution in [3.05, 3.63) is 30.3 Å². The molecule has 0 atom stereocenters. The molecule has 1 N–H and O–H groups in total. The van der Waals surface area contributed by atoms with Gasteiger partial charge in [-0.2, -0.15) is 0 Å². The molecule has 1 aromatic heterocycles. The summed E-state index contributed by atoms with van der Waals surface area (Å²) in [5.74, 6) is 0.486. The normalized spacial score (nSPS) is 9.94. The van der Waals surface area contributed by atoms with Crippen molar-refractivity contribution in [2.75, 3.05) is 11.6 Å². The molecule has 0 aliphatic heterocycles. The van der Waals surface area contributed by atoms with E-state index >= 15 is 0 Å². The van der Waals surface area contributed by atoms with E-state index in [2.05, 4.69) is 15.5 Å². The summed E-state index contributed by atoms with van der Waals surface area (Å²) in [4.78, 5) is 11.5. The zero-order valence-electron chi connectivity index (χ0n) is 8.91. The molecule has 0 spiro atoms. The van der Waals surface area contributed by atoms with Gasteiger partial charge in [0.05, 0.1) is 0 Å². The Hall–Kier alpha value is -1.60. The Labute approximate surface area is 106 Å². The van der Waals surface area contributed by atoms with Crippen molar-refractivity contribution in [2.45, 2.75) is 4.34 Å². The number of anilines is 1.